The molecular formula is C16H23N3O3S. The quantitative estimate of drug-likeness (QED) is 0.905. The standard InChI is InChI=1S/C16H23N3O3S/c1-16(2,3)15(21)19-10-23-9-12(19)13(20)18-8-11-6-5-7-17-14(11)22-4/h5-7,12H,8-10H2,1-4H3,(H,18,20)/t12-/m1/s1. The van der Waals surface area contributed by atoms with Crippen molar-refractivity contribution in [2.45, 2.75) is 33.4 Å². The van der Waals surface area contributed by atoms with Crippen molar-refractivity contribution in [1.82, 2.24) is 15.2 Å². The Bertz CT molecular complexity index is 586. The second-order valence-electron chi connectivity index (χ2n) is 6.43. The fourth-order valence-electron chi connectivity index (χ4n) is 2.33. The van der Waals surface area contributed by atoms with Crippen molar-refractivity contribution >= 4 is 23.6 Å². The van der Waals surface area contributed by atoms with Crippen molar-refractivity contribution in [3.8, 4) is 5.88 Å². The van der Waals surface area contributed by atoms with Gasteiger partial charge in [0.25, 0.3) is 0 Å². The predicted molar refractivity (Wildman–Crippen MR) is 90.0 cm³/mol. The van der Waals surface area contributed by atoms with Crippen LogP contribution in [0.25, 0.3) is 0 Å². The lowest BCUT2D eigenvalue weighted by molar-refractivity contribution is -0.144. The van der Waals surface area contributed by atoms with Gasteiger partial charge in [-0.15, -0.1) is 11.8 Å². The fraction of sp³-hybridized carbons (Fsp3) is 0.562. The first-order chi connectivity index (χ1) is 10.8. The Morgan fingerprint density at radius 3 is 2.87 bits per heavy atom. The molecule has 0 saturated carbocycles. The second kappa shape index (κ2) is 7.21. The first-order valence-electron chi connectivity index (χ1n) is 7.49. The van der Waals surface area contributed by atoms with E-state index in [-0.39, 0.29) is 11.8 Å². The van der Waals surface area contributed by atoms with Crippen LogP contribution < -0.4 is 10.1 Å². The number of amides is 2. The summed E-state index contributed by atoms with van der Waals surface area (Å²) in [5.41, 5.74) is 0.318. The van der Waals surface area contributed by atoms with Crippen molar-refractivity contribution < 1.29 is 14.3 Å². The van der Waals surface area contributed by atoms with Crippen LogP contribution in [0.2, 0.25) is 0 Å². The van der Waals surface area contributed by atoms with Crippen LogP contribution in [-0.2, 0) is 16.1 Å². The number of nitrogens with zero attached hydrogens (tertiary/aromatic N) is 2. The number of thioether (sulfide) groups is 1. The van der Waals surface area contributed by atoms with Gasteiger partial charge in [-0.3, -0.25) is 9.59 Å². The summed E-state index contributed by atoms with van der Waals surface area (Å²) in [6.07, 6.45) is 1.64. The van der Waals surface area contributed by atoms with Crippen molar-refractivity contribution in [3.05, 3.63) is 23.9 Å². The van der Waals surface area contributed by atoms with Gasteiger partial charge in [0.1, 0.15) is 6.04 Å². The number of carbonyl (C=O) groups excluding carboxylic acids is 2. The Labute approximate surface area is 141 Å². The molecule has 1 aromatic heterocycles. The summed E-state index contributed by atoms with van der Waals surface area (Å²) in [5.74, 6) is 1.54. The van der Waals surface area contributed by atoms with E-state index in [2.05, 4.69) is 10.3 Å². The minimum atomic E-state index is -0.490. The summed E-state index contributed by atoms with van der Waals surface area (Å²) in [4.78, 5) is 30.7. The maximum absolute atomic E-state index is 12.5. The Morgan fingerprint density at radius 1 is 1.48 bits per heavy atom. The Balaban J connectivity index is 2.01. The molecule has 1 aliphatic heterocycles. The van der Waals surface area contributed by atoms with Crippen molar-refractivity contribution in [3.63, 3.8) is 0 Å². The summed E-state index contributed by atoms with van der Waals surface area (Å²) in [7, 11) is 1.55. The normalized spacial score (nSPS) is 17.9. The highest BCUT2D eigenvalue weighted by molar-refractivity contribution is 7.99. The minimum absolute atomic E-state index is 0.00149. The zero-order valence-corrected chi connectivity index (χ0v) is 14.8. The molecule has 1 saturated heterocycles. The molecule has 1 fully saturated rings. The third kappa shape index (κ3) is 4.16. The Morgan fingerprint density at radius 2 is 2.22 bits per heavy atom. The van der Waals surface area contributed by atoms with E-state index in [0.29, 0.717) is 24.1 Å². The summed E-state index contributed by atoms with van der Waals surface area (Å²) in [6.45, 7) is 5.93. The molecule has 6 nitrogen and oxygen atoms in total. The number of nitrogens with one attached hydrogen (secondary N) is 1. The summed E-state index contributed by atoms with van der Waals surface area (Å²) in [6, 6.07) is 3.23. The first kappa shape index (κ1) is 17.6. The van der Waals surface area contributed by atoms with Crippen molar-refractivity contribution in [2.75, 3.05) is 18.7 Å². The van der Waals surface area contributed by atoms with E-state index in [1.54, 1.807) is 36.0 Å². The van der Waals surface area contributed by atoms with Crippen molar-refractivity contribution in [1.29, 1.82) is 0 Å². The minimum Gasteiger partial charge on any atom is -0.481 e. The highest BCUT2D eigenvalue weighted by Crippen LogP contribution is 2.27. The summed E-state index contributed by atoms with van der Waals surface area (Å²) in [5, 5.41) is 2.89. The molecule has 1 aliphatic rings. The van der Waals surface area contributed by atoms with Crippen LogP contribution >= 0.6 is 11.8 Å². The highest BCUT2D eigenvalue weighted by Gasteiger charge is 2.38. The number of ether oxygens (including phenoxy) is 1. The summed E-state index contributed by atoms with van der Waals surface area (Å²) < 4.78 is 5.18. The van der Waals surface area contributed by atoms with E-state index in [1.807, 2.05) is 26.8 Å². The number of aromatic nitrogens is 1. The van der Waals surface area contributed by atoms with Gasteiger partial charge in [-0.05, 0) is 6.07 Å². The van der Waals surface area contributed by atoms with E-state index in [9.17, 15) is 9.59 Å². The zero-order chi connectivity index (χ0) is 17.0. The lowest BCUT2D eigenvalue weighted by Crippen LogP contribution is -2.50. The lowest BCUT2D eigenvalue weighted by Gasteiger charge is -2.29. The molecule has 7 heteroatoms. The Kier molecular flexibility index (Phi) is 5.51. The van der Waals surface area contributed by atoms with Gasteiger partial charge < -0.3 is 15.0 Å². The van der Waals surface area contributed by atoms with Crippen molar-refractivity contribution in [2.24, 2.45) is 5.41 Å². The van der Waals surface area contributed by atoms with Gasteiger partial charge in [0.15, 0.2) is 0 Å². The van der Waals surface area contributed by atoms with Crippen LogP contribution in [0.1, 0.15) is 26.3 Å². The molecule has 126 valence electrons. The molecule has 1 N–H and O–H groups in total. The zero-order valence-electron chi connectivity index (χ0n) is 14.0. The monoisotopic (exact) mass is 337 g/mol. The van der Waals surface area contributed by atoms with Gasteiger partial charge in [-0.1, -0.05) is 26.8 Å². The average Bonchev–Trinajstić information content (AvgIpc) is 3.00. The van der Waals surface area contributed by atoms with Crippen LogP contribution in [0.4, 0.5) is 0 Å². The van der Waals surface area contributed by atoms with E-state index < -0.39 is 11.5 Å². The molecule has 2 heterocycles. The number of rotatable bonds is 4. The van der Waals surface area contributed by atoms with Gasteiger partial charge in [-0.25, -0.2) is 4.98 Å². The highest BCUT2D eigenvalue weighted by atomic mass is 32.2. The third-order valence-corrected chi connectivity index (χ3v) is 4.60. The largest absolute Gasteiger partial charge is 0.481 e. The number of carbonyl (C=O) groups is 2. The molecule has 0 aromatic carbocycles. The maximum atomic E-state index is 12.5. The van der Waals surface area contributed by atoms with E-state index in [0.717, 1.165) is 5.56 Å². The predicted octanol–water partition coefficient (Wildman–Crippen LogP) is 1.65. The number of hydrogen-bond donors (Lipinski definition) is 1. The van der Waals surface area contributed by atoms with Gasteiger partial charge in [-0.2, -0.15) is 0 Å². The molecule has 2 amide bonds. The van der Waals surface area contributed by atoms with Gasteiger partial charge in [0.2, 0.25) is 17.7 Å². The van der Waals surface area contributed by atoms with Crippen LogP contribution in [0.5, 0.6) is 5.88 Å². The molecule has 1 atom stereocenters. The van der Waals surface area contributed by atoms with E-state index in [4.69, 9.17) is 4.74 Å². The first-order valence-corrected chi connectivity index (χ1v) is 8.64. The third-order valence-electron chi connectivity index (χ3n) is 3.58. The average molecular weight is 337 g/mol. The van der Waals surface area contributed by atoms with E-state index in [1.165, 1.54) is 0 Å². The number of methoxy groups -OCH3 is 1. The smallest absolute Gasteiger partial charge is 0.243 e. The second-order valence-corrected chi connectivity index (χ2v) is 7.43. The van der Waals surface area contributed by atoms with Gasteiger partial charge in [0, 0.05) is 29.5 Å². The van der Waals surface area contributed by atoms with E-state index >= 15 is 0 Å². The molecule has 2 rings (SSSR count). The SMILES string of the molecule is COc1ncccc1CNC(=O)[C@H]1CSCN1C(=O)C(C)(C)C. The fourth-order valence-corrected chi connectivity index (χ4v) is 3.49. The molecule has 1 aromatic rings. The van der Waals surface area contributed by atoms with Gasteiger partial charge >= 0.3 is 0 Å². The van der Waals surface area contributed by atoms with Crippen LogP contribution in [0, 0.1) is 5.41 Å². The molecule has 0 aliphatic carbocycles. The molecule has 0 radical (unpaired) electrons. The molecular weight excluding hydrogens is 314 g/mol. The molecule has 0 unspecified atom stereocenters. The topological polar surface area (TPSA) is 71.5 Å². The van der Waals surface area contributed by atoms with Gasteiger partial charge in [0.05, 0.1) is 13.0 Å². The maximum Gasteiger partial charge on any atom is 0.243 e. The van der Waals surface area contributed by atoms with Crippen LogP contribution in [0.15, 0.2) is 18.3 Å². The van der Waals surface area contributed by atoms with Crippen LogP contribution in [-0.4, -0.2) is 46.5 Å². The molecule has 0 bridgehead atoms. The Hall–Kier alpha value is -1.76. The molecule has 23 heavy (non-hydrogen) atoms. The number of hydrogen-bond acceptors (Lipinski definition) is 5. The van der Waals surface area contributed by atoms with Crippen LogP contribution in [0.3, 0.4) is 0 Å². The molecule has 0 spiro atoms. The number of pyridine rings is 1. The summed E-state index contributed by atoms with van der Waals surface area (Å²) >= 11 is 1.60. The lowest BCUT2D eigenvalue weighted by atomic mass is 9.94.